The fraction of sp³-hybridized carbons (Fsp3) is 0. The first kappa shape index (κ1) is 8.78. The second kappa shape index (κ2) is 3.58. The topological polar surface area (TPSA) is 63.4 Å². The van der Waals surface area contributed by atoms with Crippen LogP contribution in [-0.2, 0) is 4.84 Å². The highest BCUT2D eigenvalue weighted by Crippen LogP contribution is 2.21. The minimum atomic E-state index is 0.254. The summed E-state index contributed by atoms with van der Waals surface area (Å²) in [6, 6.07) is 9.79. The molecule has 0 saturated carbocycles. The molecule has 0 spiro atoms. The van der Waals surface area contributed by atoms with Crippen LogP contribution in [0.25, 0.3) is 11.5 Å². The number of aromatic nitrogens is 2. The highest BCUT2D eigenvalue weighted by Gasteiger charge is 2.17. The lowest BCUT2D eigenvalue weighted by Crippen LogP contribution is -2.28. The van der Waals surface area contributed by atoms with E-state index in [2.05, 4.69) is 15.6 Å². The third-order valence-corrected chi connectivity index (χ3v) is 2.03. The van der Waals surface area contributed by atoms with Gasteiger partial charge in [0, 0.05) is 5.56 Å². The van der Waals surface area contributed by atoms with Gasteiger partial charge in [0.05, 0.1) is 6.20 Å². The van der Waals surface area contributed by atoms with E-state index in [0.29, 0.717) is 5.89 Å². The monoisotopic (exact) mass is 216 g/mol. The van der Waals surface area contributed by atoms with Crippen molar-refractivity contribution in [3.05, 3.63) is 42.8 Å². The van der Waals surface area contributed by atoms with Gasteiger partial charge in [-0.3, -0.25) is 5.43 Å². The lowest BCUT2D eigenvalue weighted by atomic mass is 10.2. The molecular weight excluding hydrogens is 208 g/mol. The molecule has 3 rings (SSSR count). The molecule has 1 aliphatic heterocycles. The van der Waals surface area contributed by atoms with Gasteiger partial charge < -0.3 is 9.25 Å². The summed E-state index contributed by atoms with van der Waals surface area (Å²) in [6.45, 7) is 0. The molecule has 0 aliphatic carbocycles. The Labute approximate surface area is 91.1 Å². The Morgan fingerprint density at radius 2 is 2.00 bits per heavy atom. The molecule has 0 amide bonds. The summed E-state index contributed by atoms with van der Waals surface area (Å²) < 4.78 is 5.43. The molecule has 0 fully saturated rings. The van der Waals surface area contributed by atoms with Gasteiger partial charge in [0.25, 0.3) is 0 Å². The maximum Gasteiger partial charge on any atom is 0.373 e. The van der Waals surface area contributed by atoms with Gasteiger partial charge in [-0.2, -0.15) is 0 Å². The molecule has 1 aliphatic rings. The maximum atomic E-state index is 5.43. The highest BCUT2D eigenvalue weighted by atomic mass is 16.7. The van der Waals surface area contributed by atoms with Gasteiger partial charge in [0.1, 0.15) is 6.26 Å². The number of hydrogen-bond donors (Lipinski definition) is 1. The number of nitrogens with zero attached hydrogens (tertiary/aromatic N) is 3. The Morgan fingerprint density at radius 1 is 1.12 bits per heavy atom. The average Bonchev–Trinajstić information content (AvgIpc) is 3.01. The molecule has 6 heteroatoms. The molecule has 80 valence electrons. The van der Waals surface area contributed by atoms with Gasteiger partial charge in [0.15, 0.2) is 0 Å². The Morgan fingerprint density at radius 3 is 2.75 bits per heavy atom. The van der Waals surface area contributed by atoms with Crippen molar-refractivity contribution < 1.29 is 9.25 Å². The zero-order chi connectivity index (χ0) is 10.8. The molecule has 0 unspecified atom stereocenters. The fourth-order valence-corrected chi connectivity index (χ4v) is 1.32. The molecular formula is C10H8N4O2. The van der Waals surface area contributed by atoms with Crippen LogP contribution in [0.3, 0.4) is 0 Å². The maximum absolute atomic E-state index is 5.43. The number of benzene rings is 1. The van der Waals surface area contributed by atoms with Crippen LogP contribution in [0.1, 0.15) is 0 Å². The number of anilines is 1. The number of hydrogen-bond acceptors (Lipinski definition) is 6. The van der Waals surface area contributed by atoms with Gasteiger partial charge in [-0.25, -0.2) is 0 Å². The van der Waals surface area contributed by atoms with Crippen molar-refractivity contribution in [2.24, 2.45) is 0 Å². The summed E-state index contributed by atoms with van der Waals surface area (Å²) in [5.41, 5.74) is 3.64. The number of nitrogens with one attached hydrogen (secondary N) is 1. The predicted molar refractivity (Wildman–Crippen MR) is 55.6 cm³/mol. The van der Waals surface area contributed by atoms with E-state index < -0.39 is 0 Å². The van der Waals surface area contributed by atoms with Crippen LogP contribution in [0.4, 0.5) is 6.01 Å². The first-order chi connectivity index (χ1) is 7.93. The third-order valence-electron chi connectivity index (χ3n) is 2.03. The predicted octanol–water partition coefficient (Wildman–Crippen LogP) is 1.46. The van der Waals surface area contributed by atoms with Crippen LogP contribution in [0.5, 0.6) is 0 Å². The molecule has 0 atom stereocenters. The molecule has 2 aromatic rings. The first-order valence-corrected chi connectivity index (χ1v) is 4.70. The van der Waals surface area contributed by atoms with Gasteiger partial charge >= 0.3 is 6.01 Å². The van der Waals surface area contributed by atoms with E-state index in [-0.39, 0.29) is 6.01 Å². The van der Waals surface area contributed by atoms with Crippen LogP contribution in [0.15, 0.2) is 47.2 Å². The van der Waals surface area contributed by atoms with E-state index in [9.17, 15) is 0 Å². The molecule has 0 radical (unpaired) electrons. The molecule has 2 heterocycles. The Bertz CT molecular complexity index is 501. The normalized spacial score (nSPS) is 13.6. The fourth-order valence-electron chi connectivity index (χ4n) is 1.32. The first-order valence-electron chi connectivity index (χ1n) is 4.70. The zero-order valence-corrected chi connectivity index (χ0v) is 8.20. The second-order valence-corrected chi connectivity index (χ2v) is 3.09. The van der Waals surface area contributed by atoms with Crippen LogP contribution in [0.2, 0.25) is 0 Å². The Kier molecular flexibility index (Phi) is 1.96. The molecule has 1 aromatic carbocycles. The van der Waals surface area contributed by atoms with Crippen molar-refractivity contribution in [1.29, 1.82) is 0 Å². The van der Waals surface area contributed by atoms with Crippen molar-refractivity contribution in [1.82, 2.24) is 15.6 Å². The van der Waals surface area contributed by atoms with Gasteiger partial charge in [0.2, 0.25) is 5.89 Å². The van der Waals surface area contributed by atoms with E-state index in [0.717, 1.165) is 5.56 Å². The summed E-state index contributed by atoms with van der Waals surface area (Å²) in [7, 11) is 0. The van der Waals surface area contributed by atoms with Crippen LogP contribution in [-0.4, -0.2) is 10.2 Å². The second-order valence-electron chi connectivity index (χ2n) is 3.09. The molecule has 1 N–H and O–H groups in total. The van der Waals surface area contributed by atoms with E-state index >= 15 is 0 Å². The standard InChI is InChI=1S/C10H8N4O2/c1-2-4-8(5-3-1)9-12-13-10(16-9)14-11-6-7-15-14/h1-7,11H. The summed E-state index contributed by atoms with van der Waals surface area (Å²) >= 11 is 0. The highest BCUT2D eigenvalue weighted by molar-refractivity contribution is 5.52. The largest absolute Gasteiger partial charge is 0.400 e. The smallest absolute Gasteiger partial charge is 0.373 e. The van der Waals surface area contributed by atoms with Crippen LogP contribution in [0, 0.1) is 0 Å². The summed E-state index contributed by atoms with van der Waals surface area (Å²) in [5, 5.41) is 9.06. The van der Waals surface area contributed by atoms with Crippen molar-refractivity contribution in [3.8, 4) is 11.5 Å². The van der Waals surface area contributed by atoms with Crippen molar-refractivity contribution >= 4 is 6.01 Å². The number of hydrazine groups is 1. The van der Waals surface area contributed by atoms with Crippen molar-refractivity contribution in [2.45, 2.75) is 0 Å². The third kappa shape index (κ3) is 1.46. The van der Waals surface area contributed by atoms with Crippen LogP contribution >= 0.6 is 0 Å². The van der Waals surface area contributed by atoms with Crippen LogP contribution < -0.4 is 10.6 Å². The zero-order valence-electron chi connectivity index (χ0n) is 8.20. The van der Waals surface area contributed by atoms with E-state index in [1.54, 1.807) is 6.20 Å². The average molecular weight is 216 g/mol. The van der Waals surface area contributed by atoms with Gasteiger partial charge in [-0.15, -0.1) is 5.10 Å². The molecule has 0 saturated heterocycles. The summed E-state index contributed by atoms with van der Waals surface area (Å²) in [4.78, 5) is 5.03. The van der Waals surface area contributed by atoms with Gasteiger partial charge in [-0.1, -0.05) is 28.5 Å². The van der Waals surface area contributed by atoms with Crippen molar-refractivity contribution in [3.63, 3.8) is 0 Å². The Hall–Kier alpha value is -2.50. The molecule has 1 aromatic heterocycles. The van der Waals surface area contributed by atoms with Gasteiger partial charge in [-0.05, 0) is 12.1 Å². The van der Waals surface area contributed by atoms with Crippen molar-refractivity contribution in [2.75, 3.05) is 5.17 Å². The van der Waals surface area contributed by atoms with E-state index in [1.807, 2.05) is 30.3 Å². The van der Waals surface area contributed by atoms with E-state index in [1.165, 1.54) is 11.4 Å². The minimum Gasteiger partial charge on any atom is -0.400 e. The quantitative estimate of drug-likeness (QED) is 0.820. The summed E-state index contributed by atoms with van der Waals surface area (Å²) in [5.74, 6) is 0.452. The molecule has 16 heavy (non-hydrogen) atoms. The minimum absolute atomic E-state index is 0.254. The SMILES string of the molecule is C1=CON(c2nnc(-c3ccccc3)o2)N1. The van der Waals surface area contributed by atoms with E-state index in [4.69, 9.17) is 9.25 Å². The lowest BCUT2D eigenvalue weighted by molar-refractivity contribution is 0.200. The Balaban J connectivity index is 1.88. The molecule has 0 bridgehead atoms. The molecule has 6 nitrogen and oxygen atoms in total. The lowest BCUT2D eigenvalue weighted by Gasteiger charge is -2.09. The summed E-state index contributed by atoms with van der Waals surface area (Å²) in [6.07, 6.45) is 3.10. The number of rotatable bonds is 2.